The first-order chi connectivity index (χ1) is 41.0. The second kappa shape index (κ2) is 72.4. The topological polar surface area (TPSA) is 78.9 Å². The lowest BCUT2D eigenvalue weighted by molar-refractivity contribution is -0.167. The van der Waals surface area contributed by atoms with Crippen molar-refractivity contribution in [3.05, 3.63) is 24.3 Å². The van der Waals surface area contributed by atoms with Crippen molar-refractivity contribution in [1.82, 2.24) is 0 Å². The van der Waals surface area contributed by atoms with Crippen LogP contribution >= 0.6 is 0 Å². The maximum atomic E-state index is 12.9. The first-order valence-corrected chi connectivity index (χ1v) is 37.8. The van der Waals surface area contributed by atoms with Crippen LogP contribution in [0.15, 0.2) is 24.3 Å². The number of unbranched alkanes of at least 4 members (excludes halogenated alkanes) is 56. The normalized spacial score (nSPS) is 12.1. The van der Waals surface area contributed by atoms with Crippen molar-refractivity contribution >= 4 is 17.9 Å². The van der Waals surface area contributed by atoms with E-state index in [1.165, 1.54) is 321 Å². The lowest BCUT2D eigenvalue weighted by Crippen LogP contribution is -2.30. The predicted molar refractivity (Wildman–Crippen MR) is 363 cm³/mol. The molecule has 0 amide bonds. The molecule has 0 aromatic rings. The number of hydrogen-bond acceptors (Lipinski definition) is 6. The number of hydrogen-bond donors (Lipinski definition) is 0. The van der Waals surface area contributed by atoms with E-state index in [0.29, 0.717) is 19.3 Å². The maximum absolute atomic E-state index is 12.9. The highest BCUT2D eigenvalue weighted by Crippen LogP contribution is 2.20. The molecule has 0 heterocycles. The molecule has 0 aromatic heterocycles. The van der Waals surface area contributed by atoms with Gasteiger partial charge < -0.3 is 14.2 Å². The first kappa shape index (κ1) is 80.9. The summed E-state index contributed by atoms with van der Waals surface area (Å²) in [6.07, 6.45) is 89.6. The van der Waals surface area contributed by atoms with Crippen LogP contribution in [0.1, 0.15) is 432 Å². The van der Waals surface area contributed by atoms with Crippen LogP contribution in [0.25, 0.3) is 0 Å². The van der Waals surface area contributed by atoms with E-state index in [2.05, 4.69) is 45.1 Å². The van der Waals surface area contributed by atoms with Crippen LogP contribution in [0, 0.1) is 0 Å². The summed E-state index contributed by atoms with van der Waals surface area (Å²) in [7, 11) is 0. The van der Waals surface area contributed by atoms with Crippen molar-refractivity contribution in [2.45, 2.75) is 438 Å². The molecule has 0 fully saturated rings. The number of ether oxygens (including phenoxy) is 3. The molecule has 490 valence electrons. The van der Waals surface area contributed by atoms with Crippen LogP contribution in [0.2, 0.25) is 0 Å². The Hall–Kier alpha value is -2.11. The van der Waals surface area contributed by atoms with E-state index in [4.69, 9.17) is 14.2 Å². The van der Waals surface area contributed by atoms with Crippen LogP contribution in [0.4, 0.5) is 0 Å². The first-order valence-electron chi connectivity index (χ1n) is 37.8. The minimum absolute atomic E-state index is 0.0682. The summed E-state index contributed by atoms with van der Waals surface area (Å²) in [4.78, 5) is 38.4. The third kappa shape index (κ3) is 70.5. The third-order valence-electron chi connectivity index (χ3n) is 17.5. The minimum Gasteiger partial charge on any atom is -0.462 e. The number of carbonyl (C=O) groups excluding carboxylic acids is 3. The minimum atomic E-state index is -0.772. The Morgan fingerprint density at radius 3 is 0.687 bits per heavy atom. The van der Waals surface area contributed by atoms with Gasteiger partial charge in [-0.1, -0.05) is 385 Å². The van der Waals surface area contributed by atoms with Crippen molar-refractivity contribution in [2.75, 3.05) is 13.2 Å². The van der Waals surface area contributed by atoms with Gasteiger partial charge in [0.05, 0.1) is 0 Å². The van der Waals surface area contributed by atoms with Crippen LogP contribution in [-0.4, -0.2) is 37.2 Å². The zero-order valence-corrected chi connectivity index (χ0v) is 56.5. The number of carbonyl (C=O) groups is 3. The molecular weight excluding hydrogens is 1020 g/mol. The summed E-state index contributed by atoms with van der Waals surface area (Å²) in [5, 5.41) is 0. The van der Waals surface area contributed by atoms with Gasteiger partial charge in [0.2, 0.25) is 0 Å². The Labute approximate surface area is 519 Å². The molecule has 83 heavy (non-hydrogen) atoms. The van der Waals surface area contributed by atoms with Crippen LogP contribution in [0.3, 0.4) is 0 Å². The molecule has 0 bridgehead atoms. The fourth-order valence-corrected chi connectivity index (χ4v) is 11.8. The maximum Gasteiger partial charge on any atom is 0.306 e. The van der Waals surface area contributed by atoms with Gasteiger partial charge in [-0.05, 0) is 51.4 Å². The zero-order valence-electron chi connectivity index (χ0n) is 56.5. The van der Waals surface area contributed by atoms with E-state index < -0.39 is 6.10 Å². The molecule has 0 N–H and O–H groups in total. The molecule has 0 radical (unpaired) electrons. The van der Waals surface area contributed by atoms with Crippen LogP contribution in [-0.2, 0) is 28.6 Å². The van der Waals surface area contributed by atoms with Crippen LogP contribution < -0.4 is 0 Å². The summed E-state index contributed by atoms with van der Waals surface area (Å²) in [5.74, 6) is -0.844. The molecule has 1 atom stereocenters. The highest BCUT2D eigenvalue weighted by atomic mass is 16.6. The van der Waals surface area contributed by atoms with Crippen LogP contribution in [0.5, 0.6) is 0 Å². The summed E-state index contributed by atoms with van der Waals surface area (Å²) >= 11 is 0. The SMILES string of the molecule is CCCCC/C=C\C/C=C\CCCCCCCCCC(=O)OC(COC(=O)CCCCCCCCCCCCCCC)COC(=O)CCCCCCCCCCCCCCCCCCCCCCCCCCCCCCCCCCCCC. The van der Waals surface area contributed by atoms with Crippen molar-refractivity contribution in [1.29, 1.82) is 0 Å². The third-order valence-corrected chi connectivity index (χ3v) is 17.5. The molecule has 0 aliphatic rings. The quantitative estimate of drug-likeness (QED) is 0.0261. The van der Waals surface area contributed by atoms with Gasteiger partial charge in [-0.3, -0.25) is 14.4 Å². The molecular formula is C77H146O6. The molecule has 0 aliphatic heterocycles. The molecule has 0 spiro atoms. The smallest absolute Gasteiger partial charge is 0.306 e. The van der Waals surface area contributed by atoms with E-state index in [1.54, 1.807) is 0 Å². The van der Waals surface area contributed by atoms with Gasteiger partial charge in [-0.25, -0.2) is 0 Å². The van der Waals surface area contributed by atoms with E-state index in [-0.39, 0.29) is 31.1 Å². The largest absolute Gasteiger partial charge is 0.462 e. The van der Waals surface area contributed by atoms with Crippen molar-refractivity contribution in [2.24, 2.45) is 0 Å². The molecule has 0 aromatic carbocycles. The number of esters is 3. The fraction of sp³-hybridized carbons (Fsp3) is 0.909. The molecule has 6 nitrogen and oxygen atoms in total. The Morgan fingerprint density at radius 1 is 0.241 bits per heavy atom. The highest BCUT2D eigenvalue weighted by molar-refractivity contribution is 5.71. The summed E-state index contributed by atoms with van der Waals surface area (Å²) < 4.78 is 17.0. The molecule has 0 rings (SSSR count). The average Bonchev–Trinajstić information content (AvgIpc) is 3.49. The van der Waals surface area contributed by atoms with Gasteiger partial charge in [-0.2, -0.15) is 0 Å². The van der Waals surface area contributed by atoms with Gasteiger partial charge in [0.1, 0.15) is 13.2 Å². The van der Waals surface area contributed by atoms with Gasteiger partial charge in [-0.15, -0.1) is 0 Å². The Balaban J connectivity index is 4.05. The standard InChI is InChI=1S/C77H146O6/c1-4-7-10-13-16-19-22-25-27-29-30-31-32-33-34-35-36-37-38-39-40-41-42-43-44-45-46-48-49-52-55-58-61-64-67-70-76(79)82-73-74(72-81-75(78)69-66-63-60-57-54-51-24-21-18-15-12-9-6-3)83-77(80)71-68-65-62-59-56-53-50-47-28-26-23-20-17-14-11-8-5-2/h17,20,26,28,74H,4-16,18-19,21-25,27,29-73H2,1-3H3/b20-17-,28-26-. The van der Waals surface area contributed by atoms with Gasteiger partial charge in [0.15, 0.2) is 6.10 Å². The zero-order chi connectivity index (χ0) is 59.9. The average molecular weight is 1170 g/mol. The van der Waals surface area contributed by atoms with E-state index in [0.717, 1.165) is 70.6 Å². The second-order valence-electron chi connectivity index (χ2n) is 25.9. The summed E-state index contributed by atoms with van der Waals surface area (Å²) in [6.45, 7) is 6.69. The Bertz CT molecular complexity index is 1340. The predicted octanol–water partition coefficient (Wildman–Crippen LogP) is 26.1. The van der Waals surface area contributed by atoms with Crippen molar-refractivity contribution < 1.29 is 28.6 Å². The van der Waals surface area contributed by atoms with Crippen molar-refractivity contribution in [3.63, 3.8) is 0 Å². The monoisotopic (exact) mass is 1170 g/mol. The molecule has 0 saturated carbocycles. The van der Waals surface area contributed by atoms with E-state index >= 15 is 0 Å². The van der Waals surface area contributed by atoms with Crippen molar-refractivity contribution in [3.8, 4) is 0 Å². The van der Waals surface area contributed by atoms with Gasteiger partial charge in [0, 0.05) is 19.3 Å². The van der Waals surface area contributed by atoms with Gasteiger partial charge in [0.25, 0.3) is 0 Å². The lowest BCUT2D eigenvalue weighted by atomic mass is 10.0. The number of allylic oxidation sites excluding steroid dienone is 4. The summed E-state index contributed by atoms with van der Waals surface area (Å²) in [6, 6.07) is 0. The summed E-state index contributed by atoms with van der Waals surface area (Å²) in [5.41, 5.74) is 0. The molecule has 0 saturated heterocycles. The highest BCUT2D eigenvalue weighted by Gasteiger charge is 2.20. The van der Waals surface area contributed by atoms with E-state index in [9.17, 15) is 14.4 Å². The Kier molecular flexibility index (Phi) is 70.5. The molecule has 0 aliphatic carbocycles. The van der Waals surface area contributed by atoms with Gasteiger partial charge >= 0.3 is 17.9 Å². The lowest BCUT2D eigenvalue weighted by Gasteiger charge is -2.18. The Morgan fingerprint density at radius 2 is 0.434 bits per heavy atom. The number of rotatable bonds is 71. The molecule has 1 unspecified atom stereocenters. The fourth-order valence-electron chi connectivity index (χ4n) is 11.8. The second-order valence-corrected chi connectivity index (χ2v) is 25.9. The molecule has 6 heteroatoms. The van der Waals surface area contributed by atoms with E-state index in [1.807, 2.05) is 0 Å².